The number of hydrogen-bond donors (Lipinski definition) is 1. The molecule has 5 heteroatoms. The Hall–Kier alpha value is -2.30. The van der Waals surface area contributed by atoms with E-state index in [1.807, 2.05) is 18.2 Å². The quantitative estimate of drug-likeness (QED) is 0.779. The van der Waals surface area contributed by atoms with Gasteiger partial charge in [-0.05, 0) is 24.3 Å². The third kappa shape index (κ3) is 1.42. The fourth-order valence-electron chi connectivity index (χ4n) is 1.55. The fraction of sp³-hybridized carbons (Fsp3) is 0.0909. The molecule has 0 saturated heterocycles. The molecule has 80 valence electrons. The van der Waals surface area contributed by atoms with Crippen LogP contribution in [0.3, 0.4) is 0 Å². The van der Waals surface area contributed by atoms with Crippen LogP contribution in [-0.2, 0) is 0 Å². The van der Waals surface area contributed by atoms with Crippen LogP contribution in [0.1, 0.15) is 0 Å². The number of nitrogen functional groups attached to an aromatic ring is 1. The summed E-state index contributed by atoms with van der Waals surface area (Å²) in [6, 6.07) is 7.21. The largest absolute Gasteiger partial charge is 0.454 e. The van der Waals surface area contributed by atoms with Gasteiger partial charge in [-0.3, -0.25) is 0 Å². The lowest BCUT2D eigenvalue weighted by Gasteiger charge is -2.02. The standard InChI is InChI=1S/C11H9N3O2/c12-10-3-4-13-11(14-10)7-1-2-8-9(5-7)16-6-15-8/h1-5H,6H2,(H2,12,13,14). The number of rotatable bonds is 1. The van der Waals surface area contributed by atoms with Gasteiger partial charge in [0.2, 0.25) is 6.79 Å². The maximum Gasteiger partial charge on any atom is 0.231 e. The van der Waals surface area contributed by atoms with E-state index in [9.17, 15) is 0 Å². The molecule has 16 heavy (non-hydrogen) atoms. The average Bonchev–Trinajstić information content (AvgIpc) is 2.75. The van der Waals surface area contributed by atoms with Gasteiger partial charge in [-0.2, -0.15) is 0 Å². The second-order valence-electron chi connectivity index (χ2n) is 3.37. The summed E-state index contributed by atoms with van der Waals surface area (Å²) >= 11 is 0. The van der Waals surface area contributed by atoms with E-state index in [2.05, 4.69) is 9.97 Å². The molecule has 1 aromatic heterocycles. The highest BCUT2D eigenvalue weighted by Crippen LogP contribution is 2.34. The van der Waals surface area contributed by atoms with Crippen LogP contribution in [0.15, 0.2) is 30.5 Å². The van der Waals surface area contributed by atoms with Crippen molar-refractivity contribution in [2.24, 2.45) is 0 Å². The summed E-state index contributed by atoms with van der Waals surface area (Å²) in [5.41, 5.74) is 6.46. The molecule has 0 saturated carbocycles. The molecule has 2 heterocycles. The molecule has 1 aliphatic rings. The molecule has 5 nitrogen and oxygen atoms in total. The predicted octanol–water partition coefficient (Wildman–Crippen LogP) is 1.45. The monoisotopic (exact) mass is 215 g/mol. The smallest absolute Gasteiger partial charge is 0.231 e. The molecule has 0 bridgehead atoms. The maximum absolute atomic E-state index is 5.60. The Kier molecular flexibility index (Phi) is 1.89. The van der Waals surface area contributed by atoms with Gasteiger partial charge in [0, 0.05) is 11.8 Å². The highest BCUT2D eigenvalue weighted by molar-refractivity contribution is 5.62. The first-order chi connectivity index (χ1) is 7.83. The number of anilines is 1. The van der Waals surface area contributed by atoms with Gasteiger partial charge < -0.3 is 15.2 Å². The Morgan fingerprint density at radius 3 is 2.88 bits per heavy atom. The van der Waals surface area contributed by atoms with Gasteiger partial charge in [0.1, 0.15) is 5.82 Å². The van der Waals surface area contributed by atoms with Gasteiger partial charge >= 0.3 is 0 Å². The van der Waals surface area contributed by atoms with E-state index >= 15 is 0 Å². The van der Waals surface area contributed by atoms with E-state index in [1.54, 1.807) is 12.3 Å². The normalized spacial score (nSPS) is 12.8. The maximum atomic E-state index is 5.60. The van der Waals surface area contributed by atoms with E-state index in [4.69, 9.17) is 15.2 Å². The first-order valence-electron chi connectivity index (χ1n) is 4.81. The van der Waals surface area contributed by atoms with Crippen LogP contribution in [0.2, 0.25) is 0 Å². The summed E-state index contributed by atoms with van der Waals surface area (Å²) in [7, 11) is 0. The topological polar surface area (TPSA) is 70.3 Å². The second-order valence-corrected chi connectivity index (χ2v) is 3.37. The molecule has 0 spiro atoms. The number of nitrogens with two attached hydrogens (primary N) is 1. The van der Waals surface area contributed by atoms with Crippen molar-refractivity contribution in [3.8, 4) is 22.9 Å². The molecule has 0 fully saturated rings. The Morgan fingerprint density at radius 2 is 2.00 bits per heavy atom. The second kappa shape index (κ2) is 3.37. The minimum Gasteiger partial charge on any atom is -0.454 e. The number of fused-ring (bicyclic) bond motifs is 1. The van der Waals surface area contributed by atoms with Crippen LogP contribution >= 0.6 is 0 Å². The van der Waals surface area contributed by atoms with Crippen molar-refractivity contribution in [3.63, 3.8) is 0 Å². The predicted molar refractivity (Wildman–Crippen MR) is 58.0 cm³/mol. The molecule has 0 atom stereocenters. The number of hydrogen-bond acceptors (Lipinski definition) is 5. The zero-order valence-corrected chi connectivity index (χ0v) is 8.38. The summed E-state index contributed by atoms with van der Waals surface area (Å²) in [6.45, 7) is 0.260. The number of benzene rings is 1. The molecule has 3 rings (SSSR count). The Balaban J connectivity index is 2.07. The molecular weight excluding hydrogens is 206 g/mol. The van der Waals surface area contributed by atoms with Gasteiger partial charge in [0.25, 0.3) is 0 Å². The van der Waals surface area contributed by atoms with Crippen molar-refractivity contribution >= 4 is 5.82 Å². The van der Waals surface area contributed by atoms with Crippen molar-refractivity contribution in [2.75, 3.05) is 12.5 Å². The van der Waals surface area contributed by atoms with Crippen LogP contribution in [0.4, 0.5) is 5.82 Å². The first-order valence-corrected chi connectivity index (χ1v) is 4.81. The Morgan fingerprint density at radius 1 is 1.12 bits per heavy atom. The molecule has 2 N–H and O–H groups in total. The van der Waals surface area contributed by atoms with Crippen molar-refractivity contribution in [2.45, 2.75) is 0 Å². The Bertz CT molecular complexity index is 543. The van der Waals surface area contributed by atoms with Crippen molar-refractivity contribution < 1.29 is 9.47 Å². The molecule has 0 unspecified atom stereocenters. The highest BCUT2D eigenvalue weighted by Gasteiger charge is 2.14. The van der Waals surface area contributed by atoms with Crippen LogP contribution in [-0.4, -0.2) is 16.8 Å². The lowest BCUT2D eigenvalue weighted by atomic mass is 10.2. The molecular formula is C11H9N3O2. The number of aromatic nitrogens is 2. The third-order valence-corrected chi connectivity index (χ3v) is 2.31. The molecule has 2 aromatic rings. The van der Waals surface area contributed by atoms with E-state index in [0.29, 0.717) is 17.4 Å². The lowest BCUT2D eigenvalue weighted by molar-refractivity contribution is 0.174. The molecule has 0 radical (unpaired) electrons. The van der Waals surface area contributed by atoms with Crippen LogP contribution in [0, 0.1) is 0 Å². The number of nitrogens with zero attached hydrogens (tertiary/aromatic N) is 2. The molecule has 0 amide bonds. The van der Waals surface area contributed by atoms with E-state index in [0.717, 1.165) is 11.3 Å². The van der Waals surface area contributed by atoms with Gasteiger partial charge in [-0.15, -0.1) is 0 Å². The lowest BCUT2D eigenvalue weighted by Crippen LogP contribution is -1.94. The van der Waals surface area contributed by atoms with E-state index < -0.39 is 0 Å². The summed E-state index contributed by atoms with van der Waals surface area (Å²) in [5, 5.41) is 0. The highest BCUT2D eigenvalue weighted by atomic mass is 16.7. The van der Waals surface area contributed by atoms with Crippen LogP contribution in [0.25, 0.3) is 11.4 Å². The summed E-state index contributed by atoms with van der Waals surface area (Å²) in [5.74, 6) is 2.48. The zero-order chi connectivity index (χ0) is 11.0. The van der Waals surface area contributed by atoms with E-state index in [1.165, 1.54) is 0 Å². The minimum absolute atomic E-state index is 0.260. The average molecular weight is 215 g/mol. The molecule has 1 aromatic carbocycles. The molecule has 0 aliphatic carbocycles. The van der Waals surface area contributed by atoms with E-state index in [-0.39, 0.29) is 6.79 Å². The van der Waals surface area contributed by atoms with Gasteiger partial charge in [0.15, 0.2) is 17.3 Å². The summed E-state index contributed by atoms with van der Waals surface area (Å²) in [4.78, 5) is 8.29. The SMILES string of the molecule is Nc1ccnc(-c2ccc3c(c2)OCO3)n1. The van der Waals surface area contributed by atoms with Crippen molar-refractivity contribution in [1.82, 2.24) is 9.97 Å². The molecule has 1 aliphatic heterocycles. The Labute approximate surface area is 91.9 Å². The van der Waals surface area contributed by atoms with Crippen LogP contribution < -0.4 is 15.2 Å². The van der Waals surface area contributed by atoms with Crippen LogP contribution in [0.5, 0.6) is 11.5 Å². The van der Waals surface area contributed by atoms with Crippen molar-refractivity contribution in [1.29, 1.82) is 0 Å². The number of ether oxygens (including phenoxy) is 2. The summed E-state index contributed by atoms with van der Waals surface area (Å²) < 4.78 is 10.5. The fourth-order valence-corrected chi connectivity index (χ4v) is 1.55. The summed E-state index contributed by atoms with van der Waals surface area (Å²) in [6.07, 6.45) is 1.63. The van der Waals surface area contributed by atoms with Gasteiger partial charge in [-0.1, -0.05) is 0 Å². The third-order valence-electron chi connectivity index (χ3n) is 2.31. The zero-order valence-electron chi connectivity index (χ0n) is 8.38. The van der Waals surface area contributed by atoms with Gasteiger partial charge in [0.05, 0.1) is 0 Å². The van der Waals surface area contributed by atoms with Crippen molar-refractivity contribution in [3.05, 3.63) is 30.5 Å². The van der Waals surface area contributed by atoms with Gasteiger partial charge in [-0.25, -0.2) is 9.97 Å². The first kappa shape index (κ1) is 8.96. The minimum atomic E-state index is 0.260.